The van der Waals surface area contributed by atoms with E-state index in [2.05, 4.69) is 31.8 Å². The molecule has 9 nitrogen and oxygen atoms in total. The minimum atomic E-state index is -0.603. The van der Waals surface area contributed by atoms with Gasteiger partial charge in [0.1, 0.15) is 24.7 Å². The number of aliphatic hydroxyl groups is 1. The van der Waals surface area contributed by atoms with Crippen molar-refractivity contribution in [2.45, 2.75) is 37.8 Å². The van der Waals surface area contributed by atoms with Crippen molar-refractivity contribution in [1.29, 1.82) is 0 Å². The van der Waals surface area contributed by atoms with E-state index in [1.54, 1.807) is 18.3 Å². The number of nitrogens with zero attached hydrogens (tertiary/aromatic N) is 2. The number of alkyl halides is 1. The van der Waals surface area contributed by atoms with E-state index in [0.717, 1.165) is 32.4 Å². The first-order chi connectivity index (χ1) is 17.1. The summed E-state index contributed by atoms with van der Waals surface area (Å²) < 4.78 is 17.8. The van der Waals surface area contributed by atoms with Gasteiger partial charge in [-0.25, -0.2) is 9.37 Å². The van der Waals surface area contributed by atoms with Gasteiger partial charge in [0.25, 0.3) is 0 Å². The van der Waals surface area contributed by atoms with Gasteiger partial charge >= 0.3 is 0 Å². The fraction of sp³-hybridized carbons (Fsp3) is 0.440. The fourth-order valence-electron chi connectivity index (χ4n) is 4.62. The SMILES string of the molecule is O=C(c1ncccc1OCCF)C1CCN(C2Cc3ccccc3CC2O)CC1.OOC#COO. The zero-order valence-electron chi connectivity index (χ0n) is 19.2. The summed E-state index contributed by atoms with van der Waals surface area (Å²) in [6, 6.07) is 11.8. The Hall–Kier alpha value is -3.23. The Balaban J connectivity index is 0.000000509. The molecular formula is C25H29FN2O7. The molecule has 0 bridgehead atoms. The Kier molecular flexibility index (Phi) is 10.3. The van der Waals surface area contributed by atoms with Crippen LogP contribution >= 0.6 is 0 Å². The van der Waals surface area contributed by atoms with Crippen LogP contribution in [-0.2, 0) is 22.6 Å². The number of fused-ring (bicyclic) bond motifs is 1. The van der Waals surface area contributed by atoms with Crippen molar-refractivity contribution in [2.24, 2.45) is 5.92 Å². The van der Waals surface area contributed by atoms with Crippen LogP contribution in [0.15, 0.2) is 42.6 Å². The second-order valence-electron chi connectivity index (χ2n) is 8.26. The maximum Gasteiger partial charge on any atom is 0.204 e. The van der Waals surface area contributed by atoms with Crippen LogP contribution in [0, 0.1) is 18.1 Å². The molecule has 188 valence electrons. The summed E-state index contributed by atoms with van der Waals surface area (Å²) in [5.74, 6) is 0.201. The topological polar surface area (TPSA) is 122 Å². The zero-order valence-corrected chi connectivity index (χ0v) is 19.2. The molecule has 0 saturated carbocycles. The quantitative estimate of drug-likeness (QED) is 0.244. The number of rotatable bonds is 6. The van der Waals surface area contributed by atoms with Crippen LogP contribution in [0.4, 0.5) is 4.39 Å². The number of carbonyl (C=O) groups is 1. The van der Waals surface area contributed by atoms with Gasteiger partial charge in [0, 0.05) is 24.6 Å². The summed E-state index contributed by atoms with van der Waals surface area (Å²) in [6.07, 6.45) is 7.23. The van der Waals surface area contributed by atoms with E-state index >= 15 is 0 Å². The number of benzene rings is 1. The van der Waals surface area contributed by atoms with Crippen LogP contribution in [0.1, 0.15) is 34.5 Å². The maximum absolute atomic E-state index is 13.0. The van der Waals surface area contributed by atoms with Gasteiger partial charge in [-0.1, -0.05) is 24.3 Å². The molecule has 1 aliphatic heterocycles. The normalized spacial score (nSPS) is 19.8. The molecule has 2 aliphatic rings. The Morgan fingerprint density at radius 2 is 1.71 bits per heavy atom. The van der Waals surface area contributed by atoms with Gasteiger partial charge < -0.3 is 9.84 Å². The molecule has 10 heteroatoms. The highest BCUT2D eigenvalue weighted by molar-refractivity contribution is 5.98. The number of pyridine rings is 1. The number of aliphatic hydroxyl groups excluding tert-OH is 1. The fourth-order valence-corrected chi connectivity index (χ4v) is 4.62. The van der Waals surface area contributed by atoms with Gasteiger partial charge in [-0.2, -0.15) is 10.5 Å². The van der Waals surface area contributed by atoms with Crippen LogP contribution in [0.3, 0.4) is 0 Å². The lowest BCUT2D eigenvalue weighted by molar-refractivity contribution is -0.188. The van der Waals surface area contributed by atoms with Gasteiger partial charge in [-0.15, -0.1) is 0 Å². The first-order valence-corrected chi connectivity index (χ1v) is 11.4. The Morgan fingerprint density at radius 1 is 1.06 bits per heavy atom. The average Bonchev–Trinajstić information content (AvgIpc) is 2.90. The molecule has 2 unspecified atom stereocenters. The number of aromatic nitrogens is 1. The number of hydrogen-bond acceptors (Lipinski definition) is 9. The summed E-state index contributed by atoms with van der Waals surface area (Å²) in [5.41, 5.74) is 2.84. The first-order valence-electron chi connectivity index (χ1n) is 11.4. The lowest BCUT2D eigenvalue weighted by atomic mass is 9.83. The van der Waals surface area contributed by atoms with Crippen molar-refractivity contribution in [1.82, 2.24) is 9.88 Å². The minimum absolute atomic E-state index is 0.0337. The van der Waals surface area contributed by atoms with Crippen LogP contribution in [-0.4, -0.2) is 69.8 Å². The predicted molar refractivity (Wildman–Crippen MR) is 123 cm³/mol. The third-order valence-corrected chi connectivity index (χ3v) is 6.26. The predicted octanol–water partition coefficient (Wildman–Crippen LogP) is 2.74. The van der Waals surface area contributed by atoms with Gasteiger partial charge in [-0.3, -0.25) is 19.5 Å². The average molecular weight is 489 g/mol. The third-order valence-electron chi connectivity index (χ3n) is 6.26. The van der Waals surface area contributed by atoms with E-state index in [1.807, 2.05) is 12.1 Å². The van der Waals surface area contributed by atoms with Crippen LogP contribution < -0.4 is 4.74 Å². The third kappa shape index (κ3) is 7.13. The molecule has 4 rings (SSSR count). The number of Topliss-reactive ketones (excluding diaryl/α,β-unsaturated/α-hetero) is 1. The number of piperidine rings is 1. The molecule has 1 saturated heterocycles. The van der Waals surface area contributed by atoms with Gasteiger partial charge in [0.05, 0.1) is 6.10 Å². The monoisotopic (exact) mass is 488 g/mol. The Morgan fingerprint density at radius 3 is 2.34 bits per heavy atom. The molecule has 1 aromatic heterocycles. The number of halogens is 1. The van der Waals surface area contributed by atoms with Crippen molar-refractivity contribution in [3.8, 4) is 18.0 Å². The smallest absolute Gasteiger partial charge is 0.204 e. The minimum Gasteiger partial charge on any atom is -0.488 e. The van der Waals surface area contributed by atoms with Crippen molar-refractivity contribution in [3.05, 3.63) is 59.4 Å². The van der Waals surface area contributed by atoms with Crippen LogP contribution in [0.5, 0.6) is 5.75 Å². The van der Waals surface area contributed by atoms with Crippen LogP contribution in [0.25, 0.3) is 0 Å². The molecule has 3 N–H and O–H groups in total. The number of hydrogen-bond donors (Lipinski definition) is 3. The zero-order chi connectivity index (χ0) is 25.0. The molecule has 0 amide bonds. The molecule has 2 aromatic rings. The van der Waals surface area contributed by atoms with Gasteiger partial charge in [0.2, 0.25) is 12.2 Å². The standard InChI is InChI=1S/C23H27FN2O3.C2H2O4/c24-9-13-29-21-6-3-10-25-22(21)23(28)16-7-11-26(12-8-16)19-14-17-4-1-2-5-18(17)15-20(19)27;3-5-1-2-6-4/h1-6,10,16,19-20,27H,7-9,11-15H2;3-4H. The summed E-state index contributed by atoms with van der Waals surface area (Å²) in [7, 11) is 0. The first kappa shape index (κ1) is 26.4. The summed E-state index contributed by atoms with van der Waals surface area (Å²) in [6.45, 7) is 0.862. The molecule has 1 aliphatic carbocycles. The van der Waals surface area contributed by atoms with Gasteiger partial charge in [0.15, 0.2) is 5.78 Å². The lowest BCUT2D eigenvalue weighted by Gasteiger charge is -2.41. The largest absolute Gasteiger partial charge is 0.488 e. The van der Waals surface area contributed by atoms with Crippen molar-refractivity contribution in [2.75, 3.05) is 26.4 Å². The highest BCUT2D eigenvalue weighted by atomic mass is 19.1. The second-order valence-corrected chi connectivity index (χ2v) is 8.26. The molecule has 35 heavy (non-hydrogen) atoms. The molecule has 0 radical (unpaired) electrons. The Bertz CT molecular complexity index is 1010. The summed E-state index contributed by atoms with van der Waals surface area (Å²) in [4.78, 5) is 25.8. The lowest BCUT2D eigenvalue weighted by Crippen LogP contribution is -2.51. The maximum atomic E-state index is 13.0. The number of carbonyl (C=O) groups excluding carboxylic acids is 1. The number of likely N-dealkylation sites (tertiary alicyclic amines) is 1. The molecule has 1 fully saturated rings. The highest BCUT2D eigenvalue weighted by Gasteiger charge is 2.35. The van der Waals surface area contributed by atoms with Crippen LogP contribution in [0.2, 0.25) is 0 Å². The van der Waals surface area contributed by atoms with E-state index in [9.17, 15) is 14.3 Å². The van der Waals surface area contributed by atoms with E-state index in [1.165, 1.54) is 23.3 Å². The van der Waals surface area contributed by atoms with E-state index < -0.39 is 6.67 Å². The van der Waals surface area contributed by atoms with E-state index in [0.29, 0.717) is 17.9 Å². The molecular weight excluding hydrogens is 459 g/mol. The summed E-state index contributed by atoms with van der Waals surface area (Å²) >= 11 is 0. The second kappa shape index (κ2) is 13.6. The molecule has 2 heterocycles. The molecule has 1 aromatic carbocycles. The van der Waals surface area contributed by atoms with E-state index in [-0.39, 0.29) is 30.5 Å². The number of ether oxygens (including phenoxy) is 1. The molecule has 0 spiro atoms. The molecule has 2 atom stereocenters. The summed E-state index contributed by atoms with van der Waals surface area (Å²) in [5, 5.41) is 25.3. The number of ketones is 1. The van der Waals surface area contributed by atoms with Gasteiger partial charge in [-0.05, 0) is 55.6 Å². The van der Waals surface area contributed by atoms with Crippen molar-refractivity contribution < 1.29 is 39.3 Å². The van der Waals surface area contributed by atoms with Crippen molar-refractivity contribution in [3.63, 3.8) is 0 Å². The highest BCUT2D eigenvalue weighted by Crippen LogP contribution is 2.30. The Labute approximate surface area is 202 Å². The van der Waals surface area contributed by atoms with E-state index in [4.69, 9.17) is 15.3 Å². The van der Waals surface area contributed by atoms with Crippen molar-refractivity contribution >= 4 is 5.78 Å².